The van der Waals surface area contributed by atoms with Crippen molar-refractivity contribution in [2.75, 3.05) is 0 Å². The molecule has 2 aromatic rings. The maximum atomic E-state index is 12.9. The molecule has 124 valence electrons. The van der Waals surface area contributed by atoms with E-state index in [1.807, 2.05) is 17.5 Å². The Hall–Kier alpha value is -1.77. The molecule has 3 rings (SSSR count). The smallest absolute Gasteiger partial charge is 0.300 e. The zero-order valence-corrected chi connectivity index (χ0v) is 14.1. The first-order valence-electron chi connectivity index (χ1n) is 6.53. The summed E-state index contributed by atoms with van der Waals surface area (Å²) < 4.78 is 38.6. The first-order valence-corrected chi connectivity index (χ1v) is 8.60. The van der Waals surface area contributed by atoms with Gasteiger partial charge in [-0.1, -0.05) is 17.7 Å². The Morgan fingerprint density at radius 1 is 1.25 bits per heavy atom. The van der Waals surface area contributed by atoms with Crippen LogP contribution in [0.1, 0.15) is 10.4 Å². The van der Waals surface area contributed by atoms with Gasteiger partial charge in [0.1, 0.15) is 0 Å². The molecule has 0 spiro atoms. The third kappa shape index (κ3) is 3.82. The van der Waals surface area contributed by atoms with Crippen LogP contribution in [0.4, 0.5) is 18.9 Å². The van der Waals surface area contributed by atoms with E-state index >= 15 is 0 Å². The summed E-state index contributed by atoms with van der Waals surface area (Å²) in [6, 6.07) is 7.06. The summed E-state index contributed by atoms with van der Waals surface area (Å²) in [6.07, 6.45) is -2.86. The van der Waals surface area contributed by atoms with Crippen LogP contribution >= 0.6 is 34.7 Å². The van der Waals surface area contributed by atoms with Gasteiger partial charge in [0.15, 0.2) is 5.17 Å². The topological polar surface area (TPSA) is 41.5 Å². The molecule has 0 radical (unpaired) electrons. The number of aliphatic imine (C=N–C) groups is 1. The van der Waals surface area contributed by atoms with Crippen LogP contribution in [0.15, 0.2) is 45.6 Å². The van der Waals surface area contributed by atoms with Crippen molar-refractivity contribution < 1.29 is 18.0 Å². The molecule has 0 saturated carbocycles. The van der Waals surface area contributed by atoms with Gasteiger partial charge in [-0.2, -0.15) is 13.2 Å². The van der Waals surface area contributed by atoms with Crippen LogP contribution in [-0.2, 0) is 11.0 Å². The maximum absolute atomic E-state index is 12.9. The highest BCUT2D eigenvalue weighted by molar-refractivity contribution is 8.18. The largest absolute Gasteiger partial charge is 0.417 e. The molecule has 24 heavy (non-hydrogen) atoms. The molecule has 1 amide bonds. The standard InChI is InChI=1S/C15H8ClF3N2OS2/c16-11-4-3-8(6-10(11)15(17,18)19)20-14-21-13(22)12(24-14)7-9-2-1-5-23-9/h1-7H,(H,20,21,22)/b12-7-. The zero-order chi connectivity index (χ0) is 17.3. The van der Waals surface area contributed by atoms with E-state index in [1.54, 1.807) is 6.08 Å². The summed E-state index contributed by atoms with van der Waals surface area (Å²) >= 11 is 8.12. The second-order valence-corrected chi connectivity index (χ2v) is 7.08. The number of thiophene rings is 1. The molecule has 1 aliphatic rings. The highest BCUT2D eigenvalue weighted by Gasteiger charge is 2.33. The van der Waals surface area contributed by atoms with E-state index in [0.717, 1.165) is 28.8 Å². The van der Waals surface area contributed by atoms with Crippen LogP contribution in [0.25, 0.3) is 6.08 Å². The van der Waals surface area contributed by atoms with Crippen LogP contribution in [0.5, 0.6) is 0 Å². The average Bonchev–Trinajstić information content (AvgIpc) is 3.11. The Balaban J connectivity index is 1.87. The molecule has 1 saturated heterocycles. The summed E-state index contributed by atoms with van der Waals surface area (Å²) in [4.78, 5) is 17.3. The number of carbonyl (C=O) groups excluding carboxylic acids is 1. The number of halogens is 4. The van der Waals surface area contributed by atoms with E-state index < -0.39 is 16.8 Å². The summed E-state index contributed by atoms with van der Waals surface area (Å²) in [5.74, 6) is -0.336. The van der Waals surface area contributed by atoms with Gasteiger partial charge in [0, 0.05) is 4.88 Å². The van der Waals surface area contributed by atoms with Crippen LogP contribution in [0, 0.1) is 0 Å². The van der Waals surface area contributed by atoms with Crippen molar-refractivity contribution >= 4 is 57.5 Å². The molecular formula is C15H8ClF3N2OS2. The van der Waals surface area contributed by atoms with Crippen molar-refractivity contribution in [1.29, 1.82) is 0 Å². The quantitative estimate of drug-likeness (QED) is 0.708. The SMILES string of the molecule is O=C1NC(=Nc2ccc(Cl)c(C(F)(F)F)c2)S/C1=C\c1cccs1. The molecular weight excluding hydrogens is 381 g/mol. The minimum Gasteiger partial charge on any atom is -0.300 e. The number of amides is 1. The lowest BCUT2D eigenvalue weighted by Gasteiger charge is -2.09. The Morgan fingerprint density at radius 2 is 2.04 bits per heavy atom. The first kappa shape index (κ1) is 17.1. The van der Waals surface area contributed by atoms with E-state index in [9.17, 15) is 18.0 Å². The van der Waals surface area contributed by atoms with Gasteiger partial charge in [-0.05, 0) is 47.5 Å². The van der Waals surface area contributed by atoms with Crippen LogP contribution < -0.4 is 5.32 Å². The molecule has 0 unspecified atom stereocenters. The Kier molecular flexibility index (Phi) is 4.71. The number of thioether (sulfide) groups is 1. The lowest BCUT2D eigenvalue weighted by Crippen LogP contribution is -2.19. The predicted octanol–water partition coefficient (Wildman–Crippen LogP) is 5.31. The van der Waals surface area contributed by atoms with Gasteiger partial charge in [-0.25, -0.2) is 4.99 Å². The van der Waals surface area contributed by atoms with Crippen molar-refractivity contribution in [1.82, 2.24) is 5.32 Å². The number of alkyl halides is 3. The number of benzene rings is 1. The third-order valence-electron chi connectivity index (χ3n) is 2.95. The van der Waals surface area contributed by atoms with Crippen molar-refractivity contribution in [2.45, 2.75) is 6.18 Å². The Labute approximate surface area is 148 Å². The van der Waals surface area contributed by atoms with Gasteiger partial charge in [0.05, 0.1) is 21.2 Å². The fourth-order valence-electron chi connectivity index (χ4n) is 1.90. The molecule has 1 aromatic heterocycles. The number of nitrogens with one attached hydrogen (secondary N) is 1. The zero-order valence-electron chi connectivity index (χ0n) is 11.7. The number of hydrogen-bond donors (Lipinski definition) is 1. The number of amidine groups is 1. The van der Waals surface area contributed by atoms with E-state index in [1.165, 1.54) is 17.4 Å². The molecule has 9 heteroatoms. The monoisotopic (exact) mass is 388 g/mol. The van der Waals surface area contributed by atoms with Gasteiger partial charge < -0.3 is 5.32 Å². The maximum Gasteiger partial charge on any atom is 0.417 e. The predicted molar refractivity (Wildman–Crippen MR) is 91.6 cm³/mol. The lowest BCUT2D eigenvalue weighted by molar-refractivity contribution is -0.137. The normalized spacial score (nSPS) is 18.4. The van der Waals surface area contributed by atoms with Crippen LogP contribution in [0.3, 0.4) is 0 Å². The molecule has 3 nitrogen and oxygen atoms in total. The summed E-state index contributed by atoms with van der Waals surface area (Å²) in [5.41, 5.74) is -0.901. The minimum atomic E-state index is -4.57. The summed E-state index contributed by atoms with van der Waals surface area (Å²) in [5, 5.41) is 4.24. The summed E-state index contributed by atoms with van der Waals surface area (Å²) in [6.45, 7) is 0. The van der Waals surface area contributed by atoms with Gasteiger partial charge in [0.2, 0.25) is 0 Å². The number of carbonyl (C=O) groups is 1. The molecule has 0 aliphatic carbocycles. The van der Waals surface area contributed by atoms with Gasteiger partial charge in [-0.3, -0.25) is 4.79 Å². The van der Waals surface area contributed by atoms with E-state index in [-0.39, 0.29) is 16.8 Å². The number of nitrogens with zero attached hydrogens (tertiary/aromatic N) is 1. The molecule has 1 N–H and O–H groups in total. The van der Waals surface area contributed by atoms with E-state index in [4.69, 9.17) is 11.6 Å². The van der Waals surface area contributed by atoms with Gasteiger partial charge >= 0.3 is 6.18 Å². The molecule has 2 heterocycles. The minimum absolute atomic E-state index is 0.0619. The third-order valence-corrected chi connectivity index (χ3v) is 5.01. The number of hydrogen-bond acceptors (Lipinski definition) is 4. The average molecular weight is 389 g/mol. The van der Waals surface area contributed by atoms with E-state index in [2.05, 4.69) is 10.3 Å². The second kappa shape index (κ2) is 6.62. The van der Waals surface area contributed by atoms with E-state index in [0.29, 0.717) is 4.91 Å². The fourth-order valence-corrected chi connectivity index (χ4v) is 3.69. The molecule has 1 fully saturated rings. The number of rotatable bonds is 2. The van der Waals surface area contributed by atoms with Gasteiger partial charge in [0.25, 0.3) is 5.91 Å². The first-order chi connectivity index (χ1) is 11.3. The van der Waals surface area contributed by atoms with Crippen molar-refractivity contribution in [3.63, 3.8) is 0 Å². The highest BCUT2D eigenvalue weighted by atomic mass is 35.5. The summed E-state index contributed by atoms with van der Waals surface area (Å²) in [7, 11) is 0. The van der Waals surface area contributed by atoms with Crippen LogP contribution in [-0.4, -0.2) is 11.1 Å². The molecule has 1 aromatic carbocycles. The van der Waals surface area contributed by atoms with Gasteiger partial charge in [-0.15, -0.1) is 11.3 Å². The molecule has 0 bridgehead atoms. The van der Waals surface area contributed by atoms with Crippen molar-refractivity contribution in [3.05, 3.63) is 56.1 Å². The lowest BCUT2D eigenvalue weighted by atomic mass is 10.2. The van der Waals surface area contributed by atoms with Crippen LogP contribution in [0.2, 0.25) is 5.02 Å². The molecule has 0 atom stereocenters. The Bertz CT molecular complexity index is 845. The second-order valence-electron chi connectivity index (χ2n) is 4.66. The van der Waals surface area contributed by atoms with Crippen molar-refractivity contribution in [2.24, 2.45) is 4.99 Å². The molecule has 1 aliphatic heterocycles. The fraction of sp³-hybridized carbons (Fsp3) is 0.0667. The van der Waals surface area contributed by atoms with Crippen molar-refractivity contribution in [3.8, 4) is 0 Å². The highest BCUT2D eigenvalue weighted by Crippen LogP contribution is 2.37. The Morgan fingerprint density at radius 3 is 2.71 bits per heavy atom.